The average Bonchev–Trinajstić information content (AvgIpc) is 3.34. The van der Waals surface area contributed by atoms with Crippen LogP contribution in [0.1, 0.15) is 32.1 Å². The molecule has 0 saturated carbocycles. The van der Waals surface area contributed by atoms with Crippen LogP contribution in [0, 0.1) is 0 Å². The predicted octanol–water partition coefficient (Wildman–Crippen LogP) is -0.832. The fourth-order valence-corrected chi connectivity index (χ4v) is 3.87. The Kier molecular flexibility index (Phi) is 8.36. The Morgan fingerprint density at radius 3 is 2.67 bits per heavy atom. The van der Waals surface area contributed by atoms with Crippen LogP contribution in [-0.4, -0.2) is 83.5 Å². The van der Waals surface area contributed by atoms with Crippen LogP contribution in [0.2, 0.25) is 0 Å². The summed E-state index contributed by atoms with van der Waals surface area (Å²) < 4.78 is 0. The Hall–Kier alpha value is -1.81. The minimum absolute atomic E-state index is 0.203. The lowest BCUT2D eigenvalue weighted by atomic mass is 10.1. The highest BCUT2D eigenvalue weighted by Gasteiger charge is 2.34. The topological polar surface area (TPSA) is 128 Å². The van der Waals surface area contributed by atoms with Crippen LogP contribution in [0.5, 0.6) is 0 Å². The third-order valence-corrected chi connectivity index (χ3v) is 5.54. The summed E-state index contributed by atoms with van der Waals surface area (Å²) in [5.74, 6) is -1.38. The number of carbonyl (C=O) groups excluding carboxylic acids is 3. The average molecular weight is 401 g/mol. The van der Waals surface area contributed by atoms with Crippen molar-refractivity contribution in [2.24, 2.45) is 0 Å². The van der Waals surface area contributed by atoms with E-state index in [-0.39, 0.29) is 18.5 Å². The monoisotopic (exact) mass is 400 g/mol. The summed E-state index contributed by atoms with van der Waals surface area (Å²) in [6, 6.07) is -1.82. The van der Waals surface area contributed by atoms with Crippen molar-refractivity contribution in [3.8, 4) is 0 Å². The lowest BCUT2D eigenvalue weighted by molar-refractivity contribution is -0.148. The molecule has 0 aromatic rings. The van der Waals surface area contributed by atoms with Crippen molar-refractivity contribution in [2.75, 3.05) is 31.6 Å². The zero-order valence-electron chi connectivity index (χ0n) is 15.5. The second-order valence-corrected chi connectivity index (χ2v) is 7.78. The van der Waals surface area contributed by atoms with Crippen LogP contribution in [0.25, 0.3) is 0 Å². The molecule has 0 aromatic carbocycles. The van der Waals surface area contributed by atoms with Crippen LogP contribution in [0.15, 0.2) is 0 Å². The Morgan fingerprint density at radius 2 is 2.04 bits per heavy atom. The van der Waals surface area contributed by atoms with E-state index in [4.69, 9.17) is 5.11 Å². The van der Waals surface area contributed by atoms with Gasteiger partial charge >= 0.3 is 5.97 Å². The van der Waals surface area contributed by atoms with Gasteiger partial charge in [0.15, 0.2) is 0 Å². The lowest BCUT2D eigenvalue weighted by Gasteiger charge is -2.23. The maximum absolute atomic E-state index is 12.5. The van der Waals surface area contributed by atoms with Crippen molar-refractivity contribution in [2.45, 2.75) is 50.2 Å². The molecule has 2 aliphatic rings. The summed E-state index contributed by atoms with van der Waals surface area (Å²) in [4.78, 5) is 49.5. The summed E-state index contributed by atoms with van der Waals surface area (Å²) >= 11 is 1.57. The fourth-order valence-electron chi connectivity index (χ4n) is 3.39. The minimum Gasteiger partial charge on any atom is -0.480 e. The van der Waals surface area contributed by atoms with Gasteiger partial charge in [0.25, 0.3) is 0 Å². The van der Waals surface area contributed by atoms with Gasteiger partial charge in [0.05, 0.1) is 12.6 Å². The van der Waals surface area contributed by atoms with Crippen LogP contribution in [0.4, 0.5) is 0 Å². The van der Waals surface area contributed by atoms with Gasteiger partial charge in [-0.1, -0.05) is 0 Å². The first-order valence-electron chi connectivity index (χ1n) is 9.26. The largest absolute Gasteiger partial charge is 0.480 e. The molecule has 9 nitrogen and oxygen atoms in total. The highest BCUT2D eigenvalue weighted by atomic mass is 32.2. The van der Waals surface area contributed by atoms with E-state index in [1.165, 1.54) is 4.90 Å². The number of hydrogen-bond acceptors (Lipinski definition) is 6. The van der Waals surface area contributed by atoms with Gasteiger partial charge in [-0.2, -0.15) is 11.8 Å². The summed E-state index contributed by atoms with van der Waals surface area (Å²) in [5.41, 5.74) is 0. The first kappa shape index (κ1) is 21.5. The van der Waals surface area contributed by atoms with E-state index in [1.54, 1.807) is 11.8 Å². The van der Waals surface area contributed by atoms with Crippen LogP contribution in [0.3, 0.4) is 0 Å². The van der Waals surface area contributed by atoms with E-state index >= 15 is 0 Å². The molecule has 2 fully saturated rings. The number of hydrogen-bond donors (Lipinski definition) is 4. The van der Waals surface area contributed by atoms with E-state index < -0.39 is 29.9 Å². The summed E-state index contributed by atoms with van der Waals surface area (Å²) in [6.07, 6.45) is 5.11. The van der Waals surface area contributed by atoms with Crippen molar-refractivity contribution in [1.82, 2.24) is 20.9 Å². The maximum atomic E-state index is 12.5. The number of rotatable bonds is 9. The Morgan fingerprint density at radius 1 is 1.26 bits per heavy atom. The lowest BCUT2D eigenvalue weighted by Crippen LogP contribution is -2.53. The van der Waals surface area contributed by atoms with Gasteiger partial charge in [-0.3, -0.25) is 14.4 Å². The Balaban J connectivity index is 1.87. The van der Waals surface area contributed by atoms with Crippen molar-refractivity contribution in [3.05, 3.63) is 0 Å². The van der Waals surface area contributed by atoms with Crippen LogP contribution in [-0.2, 0) is 19.2 Å². The molecule has 3 atom stereocenters. The molecule has 2 saturated heterocycles. The molecule has 0 bridgehead atoms. The minimum atomic E-state index is -1.03. The molecule has 0 radical (unpaired) electrons. The number of carboxylic acids is 1. The van der Waals surface area contributed by atoms with Gasteiger partial charge in [0, 0.05) is 6.54 Å². The molecule has 4 N–H and O–H groups in total. The van der Waals surface area contributed by atoms with E-state index in [2.05, 4.69) is 16.0 Å². The van der Waals surface area contributed by atoms with Crippen LogP contribution < -0.4 is 16.0 Å². The van der Waals surface area contributed by atoms with Gasteiger partial charge in [-0.05, 0) is 50.7 Å². The second-order valence-electron chi connectivity index (χ2n) is 6.79. The molecule has 0 aromatic heterocycles. The standard InChI is InChI=1S/C17H28N4O5S/c1-27-9-6-12(20-16(24)11-4-2-7-18-11)15(23)19-10-14(22)21-8-3-5-13(21)17(25)26/h11-13,18H,2-10H2,1H3,(H,19,23)(H,20,24)(H,25,26)/t11-,12-,13-/m0/s1. The number of carbonyl (C=O) groups is 4. The number of nitrogens with one attached hydrogen (secondary N) is 3. The highest BCUT2D eigenvalue weighted by Crippen LogP contribution is 2.17. The number of likely N-dealkylation sites (tertiary alicyclic amines) is 1. The third kappa shape index (κ3) is 6.10. The molecule has 0 unspecified atom stereocenters. The van der Waals surface area contributed by atoms with E-state index in [0.717, 1.165) is 19.4 Å². The van der Waals surface area contributed by atoms with Crippen LogP contribution >= 0.6 is 11.8 Å². The van der Waals surface area contributed by atoms with E-state index in [0.29, 0.717) is 31.6 Å². The van der Waals surface area contributed by atoms with Crippen molar-refractivity contribution in [3.63, 3.8) is 0 Å². The van der Waals surface area contributed by atoms with Crippen molar-refractivity contribution >= 4 is 35.5 Å². The second kappa shape index (κ2) is 10.5. The van der Waals surface area contributed by atoms with Gasteiger partial charge in [-0.15, -0.1) is 0 Å². The van der Waals surface area contributed by atoms with Gasteiger partial charge in [0.1, 0.15) is 12.1 Å². The first-order chi connectivity index (χ1) is 12.9. The summed E-state index contributed by atoms with van der Waals surface area (Å²) in [6.45, 7) is 0.899. The molecule has 2 rings (SSSR count). The number of thioether (sulfide) groups is 1. The normalized spacial score (nSPS) is 23.1. The SMILES string of the molecule is CSCC[C@H](NC(=O)[C@@H]1CCCN1)C(=O)NCC(=O)N1CCC[C@H]1C(=O)O. The molecule has 10 heteroatoms. The Labute approximate surface area is 163 Å². The number of amides is 3. The van der Waals surface area contributed by atoms with Crippen molar-refractivity contribution in [1.29, 1.82) is 0 Å². The van der Waals surface area contributed by atoms with Gasteiger partial charge in [-0.25, -0.2) is 4.79 Å². The summed E-state index contributed by atoms with van der Waals surface area (Å²) in [7, 11) is 0. The van der Waals surface area contributed by atoms with Gasteiger partial charge in [0.2, 0.25) is 17.7 Å². The molecule has 27 heavy (non-hydrogen) atoms. The van der Waals surface area contributed by atoms with E-state index in [1.807, 2.05) is 6.26 Å². The van der Waals surface area contributed by atoms with Crippen molar-refractivity contribution < 1.29 is 24.3 Å². The third-order valence-electron chi connectivity index (χ3n) is 4.89. The van der Waals surface area contributed by atoms with Gasteiger partial charge < -0.3 is 26.0 Å². The zero-order valence-corrected chi connectivity index (χ0v) is 16.3. The Bertz CT molecular complexity index is 568. The molecule has 0 spiro atoms. The summed E-state index contributed by atoms with van der Waals surface area (Å²) in [5, 5.41) is 17.6. The molecule has 152 valence electrons. The maximum Gasteiger partial charge on any atom is 0.326 e. The molecular weight excluding hydrogens is 372 g/mol. The van der Waals surface area contributed by atoms with E-state index in [9.17, 15) is 19.2 Å². The predicted molar refractivity (Wildman–Crippen MR) is 101 cm³/mol. The molecular formula is C17H28N4O5S. The highest BCUT2D eigenvalue weighted by molar-refractivity contribution is 7.98. The molecule has 2 aliphatic heterocycles. The molecule has 3 amide bonds. The number of nitrogens with zero attached hydrogens (tertiary/aromatic N) is 1. The zero-order chi connectivity index (χ0) is 19.8. The first-order valence-corrected chi connectivity index (χ1v) is 10.7. The number of carboxylic acid groups (broad SMARTS) is 1. The quantitative estimate of drug-likeness (QED) is 0.398. The molecule has 0 aliphatic carbocycles. The fraction of sp³-hybridized carbons (Fsp3) is 0.765. The number of aliphatic carboxylic acids is 1. The molecule has 2 heterocycles. The smallest absolute Gasteiger partial charge is 0.326 e.